The maximum atomic E-state index is 14.0. The number of nitrogens with one attached hydrogen (secondary N) is 1. The van der Waals surface area contributed by atoms with Gasteiger partial charge in [-0.15, -0.1) is 0 Å². The second kappa shape index (κ2) is 13.3. The number of aromatic nitrogens is 1. The summed E-state index contributed by atoms with van der Waals surface area (Å²) in [7, 11) is 2.14. The lowest BCUT2D eigenvalue weighted by atomic mass is 10.0. The number of hydrogen-bond donors (Lipinski definition) is 1. The van der Waals surface area contributed by atoms with Crippen molar-refractivity contribution < 1.29 is 13.9 Å². The lowest BCUT2D eigenvalue weighted by Gasteiger charge is -2.32. The van der Waals surface area contributed by atoms with Gasteiger partial charge in [-0.1, -0.05) is 25.5 Å². The SMILES string of the molecule is CCCC(NC(=O)/C(C#N)=C/c1nc(Br)ccc1F)c1ccc(OCCN2CCN(C)CC2)cc1. The third-order valence-corrected chi connectivity index (χ3v) is 6.36. The molecule has 1 unspecified atom stereocenters. The lowest BCUT2D eigenvalue weighted by Crippen LogP contribution is -2.45. The summed E-state index contributed by atoms with van der Waals surface area (Å²) in [6.45, 7) is 7.81. The first-order valence-corrected chi connectivity index (χ1v) is 12.6. The molecule has 2 heterocycles. The van der Waals surface area contributed by atoms with Crippen molar-refractivity contribution in [2.45, 2.75) is 25.8 Å². The van der Waals surface area contributed by atoms with Crippen LogP contribution >= 0.6 is 15.9 Å². The molecule has 2 aromatic rings. The second-order valence-electron chi connectivity index (χ2n) is 8.55. The van der Waals surface area contributed by atoms with Crippen LogP contribution in [0.25, 0.3) is 6.08 Å². The number of carbonyl (C=O) groups excluding carboxylic acids is 1. The highest BCUT2D eigenvalue weighted by Crippen LogP contribution is 2.23. The molecule has 1 aromatic carbocycles. The fraction of sp³-hybridized carbons (Fsp3) is 0.423. The van der Waals surface area contributed by atoms with Crippen LogP contribution in [-0.2, 0) is 4.79 Å². The van der Waals surface area contributed by atoms with E-state index in [1.165, 1.54) is 12.1 Å². The van der Waals surface area contributed by atoms with Gasteiger partial charge in [0.15, 0.2) is 0 Å². The number of pyridine rings is 1. The number of likely N-dealkylation sites (N-methyl/N-ethyl adjacent to an activating group) is 1. The smallest absolute Gasteiger partial charge is 0.262 e. The highest BCUT2D eigenvalue weighted by molar-refractivity contribution is 9.10. The molecule has 0 radical (unpaired) electrons. The summed E-state index contributed by atoms with van der Waals surface area (Å²) >= 11 is 3.18. The molecule has 0 spiro atoms. The summed E-state index contributed by atoms with van der Waals surface area (Å²) in [5, 5.41) is 12.4. The monoisotopic (exact) mass is 543 g/mol. The summed E-state index contributed by atoms with van der Waals surface area (Å²) in [6, 6.07) is 11.9. The quantitative estimate of drug-likeness (QED) is 0.275. The highest BCUT2D eigenvalue weighted by Gasteiger charge is 2.18. The van der Waals surface area contributed by atoms with E-state index in [0.29, 0.717) is 17.6 Å². The number of carbonyl (C=O) groups is 1. The van der Waals surface area contributed by atoms with Crippen LogP contribution in [0.5, 0.6) is 5.75 Å². The zero-order chi connectivity index (χ0) is 25.2. The van der Waals surface area contributed by atoms with Gasteiger partial charge in [0.2, 0.25) is 0 Å². The number of benzene rings is 1. The molecule has 7 nitrogen and oxygen atoms in total. The van der Waals surface area contributed by atoms with Gasteiger partial charge in [0.1, 0.15) is 40.1 Å². The van der Waals surface area contributed by atoms with Gasteiger partial charge in [-0.05, 0) is 65.3 Å². The topological polar surface area (TPSA) is 81.5 Å². The van der Waals surface area contributed by atoms with Crippen LogP contribution in [0.3, 0.4) is 0 Å². The summed E-state index contributed by atoms with van der Waals surface area (Å²) < 4.78 is 20.4. The van der Waals surface area contributed by atoms with Crippen LogP contribution < -0.4 is 10.1 Å². The van der Waals surface area contributed by atoms with E-state index in [9.17, 15) is 14.4 Å². The van der Waals surface area contributed by atoms with Crippen LogP contribution in [0.2, 0.25) is 0 Å². The van der Waals surface area contributed by atoms with Crippen molar-refractivity contribution in [3.05, 3.63) is 63.6 Å². The molecule has 1 atom stereocenters. The minimum atomic E-state index is -0.609. The van der Waals surface area contributed by atoms with Crippen LogP contribution in [0.1, 0.15) is 37.1 Å². The normalized spacial score (nSPS) is 15.9. The average Bonchev–Trinajstić information content (AvgIpc) is 2.86. The fourth-order valence-corrected chi connectivity index (χ4v) is 4.15. The molecule has 1 saturated heterocycles. The number of piperazine rings is 1. The maximum Gasteiger partial charge on any atom is 0.262 e. The van der Waals surface area contributed by atoms with Gasteiger partial charge in [-0.3, -0.25) is 9.69 Å². The van der Waals surface area contributed by atoms with Gasteiger partial charge in [-0.2, -0.15) is 5.26 Å². The first-order valence-electron chi connectivity index (χ1n) is 11.8. The van der Waals surface area contributed by atoms with Gasteiger partial charge in [0.25, 0.3) is 5.91 Å². The van der Waals surface area contributed by atoms with E-state index in [1.54, 1.807) is 0 Å². The molecule has 186 valence electrons. The van der Waals surface area contributed by atoms with Gasteiger partial charge in [-0.25, -0.2) is 9.37 Å². The fourth-order valence-electron chi connectivity index (χ4n) is 3.83. The number of hydrogen-bond acceptors (Lipinski definition) is 6. The van der Waals surface area contributed by atoms with E-state index < -0.39 is 11.7 Å². The van der Waals surface area contributed by atoms with Crippen molar-refractivity contribution in [3.8, 4) is 11.8 Å². The Balaban J connectivity index is 1.61. The van der Waals surface area contributed by atoms with E-state index in [2.05, 4.69) is 43.1 Å². The molecule has 1 aliphatic rings. The summed E-state index contributed by atoms with van der Waals surface area (Å²) in [6.07, 6.45) is 2.69. The Bertz CT molecular complexity index is 1060. The Labute approximate surface area is 214 Å². The third-order valence-electron chi connectivity index (χ3n) is 5.92. The van der Waals surface area contributed by atoms with Crippen molar-refractivity contribution >= 4 is 27.9 Å². The van der Waals surface area contributed by atoms with E-state index in [-0.39, 0.29) is 17.3 Å². The van der Waals surface area contributed by atoms with Crippen LogP contribution in [0.4, 0.5) is 4.39 Å². The predicted molar refractivity (Wildman–Crippen MR) is 137 cm³/mol. The minimum Gasteiger partial charge on any atom is -0.492 e. The van der Waals surface area contributed by atoms with E-state index in [0.717, 1.165) is 56.5 Å². The van der Waals surface area contributed by atoms with Gasteiger partial charge in [0.05, 0.1) is 6.04 Å². The molecule has 35 heavy (non-hydrogen) atoms. The van der Waals surface area contributed by atoms with Gasteiger partial charge in [0, 0.05) is 32.7 Å². The van der Waals surface area contributed by atoms with Crippen LogP contribution in [0.15, 0.2) is 46.6 Å². The zero-order valence-corrected chi connectivity index (χ0v) is 21.7. The Hall–Kier alpha value is -2.80. The summed E-state index contributed by atoms with van der Waals surface area (Å²) in [5.41, 5.74) is 0.631. The molecule has 0 saturated carbocycles. The van der Waals surface area contributed by atoms with Crippen molar-refractivity contribution in [2.75, 3.05) is 46.4 Å². The van der Waals surface area contributed by atoms with Crippen LogP contribution in [-0.4, -0.2) is 67.1 Å². The number of rotatable bonds is 10. The maximum absolute atomic E-state index is 14.0. The van der Waals surface area contributed by atoms with E-state index in [4.69, 9.17) is 4.74 Å². The number of nitriles is 1. The second-order valence-corrected chi connectivity index (χ2v) is 9.36. The number of amides is 1. The highest BCUT2D eigenvalue weighted by atomic mass is 79.9. The molecule has 9 heteroatoms. The molecule has 3 rings (SSSR count). The summed E-state index contributed by atoms with van der Waals surface area (Å²) in [4.78, 5) is 21.5. The Morgan fingerprint density at radius 1 is 1.26 bits per heavy atom. The lowest BCUT2D eigenvalue weighted by molar-refractivity contribution is -0.117. The number of nitrogens with zero attached hydrogens (tertiary/aromatic N) is 4. The molecule has 0 aliphatic carbocycles. The number of halogens is 2. The first-order chi connectivity index (χ1) is 16.9. The zero-order valence-electron chi connectivity index (χ0n) is 20.1. The molecule has 1 N–H and O–H groups in total. The van der Waals surface area contributed by atoms with Crippen molar-refractivity contribution in [3.63, 3.8) is 0 Å². The average molecular weight is 544 g/mol. The molecule has 1 fully saturated rings. The molecule has 1 amide bonds. The Kier molecular flexibility index (Phi) is 10.2. The van der Waals surface area contributed by atoms with Crippen molar-refractivity contribution in [2.24, 2.45) is 0 Å². The Morgan fingerprint density at radius 2 is 1.97 bits per heavy atom. The van der Waals surface area contributed by atoms with Crippen molar-refractivity contribution in [1.29, 1.82) is 5.26 Å². The first kappa shape index (κ1) is 26.8. The van der Waals surface area contributed by atoms with E-state index in [1.807, 2.05) is 37.3 Å². The van der Waals surface area contributed by atoms with Crippen LogP contribution in [0, 0.1) is 17.1 Å². The minimum absolute atomic E-state index is 0.0730. The summed E-state index contributed by atoms with van der Waals surface area (Å²) in [5.74, 6) is -0.403. The standard InChI is InChI=1S/C26H31BrFN5O2/c1-3-4-23(31-26(34)20(18-29)17-24-22(28)9-10-25(27)30-24)19-5-7-21(8-6-19)35-16-15-33-13-11-32(2)12-14-33/h5-10,17,23H,3-4,11-16H2,1-2H3,(H,31,34)/b20-17+. The van der Waals surface area contributed by atoms with Crippen molar-refractivity contribution in [1.82, 2.24) is 20.1 Å². The molecule has 0 bridgehead atoms. The number of ether oxygens (including phenoxy) is 1. The Morgan fingerprint density at radius 3 is 2.63 bits per heavy atom. The van der Waals surface area contributed by atoms with Gasteiger partial charge < -0.3 is 15.0 Å². The molecule has 1 aliphatic heterocycles. The van der Waals surface area contributed by atoms with Gasteiger partial charge >= 0.3 is 0 Å². The predicted octanol–water partition coefficient (Wildman–Crippen LogP) is 4.17. The third kappa shape index (κ3) is 8.13. The molecular weight excluding hydrogens is 513 g/mol. The molecular formula is C26H31BrFN5O2. The van der Waals surface area contributed by atoms with E-state index >= 15 is 0 Å². The largest absolute Gasteiger partial charge is 0.492 e. The molecule has 1 aromatic heterocycles.